The van der Waals surface area contributed by atoms with Crippen LogP contribution in [0.3, 0.4) is 0 Å². The lowest BCUT2D eigenvalue weighted by Crippen LogP contribution is -2.04. The van der Waals surface area contributed by atoms with E-state index in [-0.39, 0.29) is 16.6 Å². The fraction of sp³-hybridized carbons (Fsp3) is 0.333. The predicted octanol–water partition coefficient (Wildman–Crippen LogP) is 3.08. The Morgan fingerprint density at radius 3 is 2.78 bits per heavy atom. The van der Waals surface area contributed by atoms with Gasteiger partial charge in [-0.25, -0.2) is 4.79 Å². The number of hydrogen-bond donors (Lipinski definition) is 1. The van der Waals surface area contributed by atoms with Gasteiger partial charge in [0.2, 0.25) is 0 Å². The molecular weight excluding hydrogens is 276 g/mol. The van der Waals surface area contributed by atoms with Crippen molar-refractivity contribution in [2.75, 3.05) is 12.4 Å². The van der Waals surface area contributed by atoms with Crippen molar-refractivity contribution in [2.24, 2.45) is 0 Å². The van der Waals surface area contributed by atoms with Gasteiger partial charge in [-0.15, -0.1) is 11.8 Å². The zero-order chi connectivity index (χ0) is 13.5. The van der Waals surface area contributed by atoms with Crippen LogP contribution in [0.1, 0.15) is 23.7 Å². The third-order valence-electron chi connectivity index (χ3n) is 2.05. The predicted molar refractivity (Wildman–Crippen MR) is 70.4 cm³/mol. The van der Waals surface area contributed by atoms with Gasteiger partial charge in [0.1, 0.15) is 0 Å². The van der Waals surface area contributed by atoms with Crippen LogP contribution in [0.5, 0.6) is 0 Å². The summed E-state index contributed by atoms with van der Waals surface area (Å²) in [7, 11) is 0. The summed E-state index contributed by atoms with van der Waals surface area (Å²) in [5.74, 6) is -0.773. The number of thioether (sulfide) groups is 1. The monoisotopic (exact) mass is 288 g/mol. The van der Waals surface area contributed by atoms with Crippen LogP contribution >= 0.6 is 23.4 Å². The number of ether oxygens (including phenoxy) is 1. The topological polar surface area (TPSA) is 63.6 Å². The molecule has 0 aliphatic heterocycles. The molecule has 0 unspecified atom stereocenters. The van der Waals surface area contributed by atoms with Gasteiger partial charge in [-0.3, -0.25) is 4.79 Å². The minimum atomic E-state index is -1.06. The minimum absolute atomic E-state index is 0.0674. The third-order valence-corrected chi connectivity index (χ3v) is 3.37. The van der Waals surface area contributed by atoms with Crippen molar-refractivity contribution in [1.29, 1.82) is 0 Å². The third kappa shape index (κ3) is 4.58. The Balaban J connectivity index is 2.55. The molecule has 0 spiro atoms. The number of carbonyl (C=O) groups is 2. The Morgan fingerprint density at radius 2 is 2.17 bits per heavy atom. The van der Waals surface area contributed by atoms with E-state index in [1.807, 2.05) is 0 Å². The molecule has 6 heteroatoms. The maximum atomic E-state index is 11.1. The van der Waals surface area contributed by atoms with Gasteiger partial charge in [-0.1, -0.05) is 11.6 Å². The second-order valence-electron chi connectivity index (χ2n) is 3.35. The van der Waals surface area contributed by atoms with E-state index >= 15 is 0 Å². The standard InChI is InChI=1S/C12H13ClO4S/c1-2-17-11(14)5-6-18-8-3-4-10(13)9(7-8)12(15)16/h3-4,7H,2,5-6H2,1H3,(H,15,16). The highest BCUT2D eigenvalue weighted by atomic mass is 35.5. The van der Waals surface area contributed by atoms with Crippen LogP contribution in [-0.2, 0) is 9.53 Å². The lowest BCUT2D eigenvalue weighted by atomic mass is 10.2. The van der Waals surface area contributed by atoms with E-state index in [0.717, 1.165) is 4.90 Å². The fourth-order valence-corrected chi connectivity index (χ4v) is 2.31. The van der Waals surface area contributed by atoms with E-state index in [1.165, 1.54) is 23.9 Å². The molecule has 0 heterocycles. The molecule has 98 valence electrons. The van der Waals surface area contributed by atoms with Gasteiger partial charge < -0.3 is 9.84 Å². The van der Waals surface area contributed by atoms with E-state index in [0.29, 0.717) is 18.8 Å². The first-order valence-electron chi connectivity index (χ1n) is 5.36. The molecule has 4 nitrogen and oxygen atoms in total. The first kappa shape index (κ1) is 14.9. The number of rotatable bonds is 6. The van der Waals surface area contributed by atoms with E-state index < -0.39 is 5.97 Å². The Bertz CT molecular complexity index is 448. The van der Waals surface area contributed by atoms with Gasteiger partial charge in [0, 0.05) is 10.6 Å². The molecule has 1 N–H and O–H groups in total. The first-order chi connectivity index (χ1) is 8.54. The average molecular weight is 289 g/mol. The molecule has 0 amide bonds. The molecule has 0 saturated heterocycles. The summed E-state index contributed by atoms with van der Waals surface area (Å²) in [4.78, 5) is 22.8. The Kier molecular flexibility index (Phi) is 6.01. The number of carbonyl (C=O) groups excluding carboxylic acids is 1. The summed E-state index contributed by atoms with van der Waals surface area (Å²) in [6.45, 7) is 2.12. The van der Waals surface area contributed by atoms with E-state index in [1.54, 1.807) is 13.0 Å². The van der Waals surface area contributed by atoms with Gasteiger partial charge in [-0.05, 0) is 25.1 Å². The highest BCUT2D eigenvalue weighted by molar-refractivity contribution is 7.99. The zero-order valence-electron chi connectivity index (χ0n) is 9.81. The van der Waals surface area contributed by atoms with Crippen LogP contribution in [-0.4, -0.2) is 29.4 Å². The Labute approximate surface area is 114 Å². The number of aromatic carboxylic acids is 1. The molecule has 1 rings (SSSR count). The van der Waals surface area contributed by atoms with Crippen molar-refractivity contribution in [3.05, 3.63) is 28.8 Å². The summed E-state index contributed by atoms with van der Waals surface area (Å²) < 4.78 is 4.79. The molecule has 1 aromatic carbocycles. The zero-order valence-corrected chi connectivity index (χ0v) is 11.4. The fourth-order valence-electron chi connectivity index (χ4n) is 1.24. The van der Waals surface area contributed by atoms with Crippen LogP contribution in [0.4, 0.5) is 0 Å². The summed E-state index contributed by atoms with van der Waals surface area (Å²) in [5.41, 5.74) is 0.0674. The molecule has 0 aromatic heterocycles. The maximum absolute atomic E-state index is 11.1. The Hall–Kier alpha value is -1.20. The number of benzene rings is 1. The smallest absolute Gasteiger partial charge is 0.337 e. The van der Waals surface area contributed by atoms with Gasteiger partial charge in [-0.2, -0.15) is 0 Å². The second-order valence-corrected chi connectivity index (χ2v) is 4.93. The normalized spacial score (nSPS) is 10.1. The summed E-state index contributed by atoms with van der Waals surface area (Å²) in [5, 5.41) is 9.11. The number of hydrogen-bond acceptors (Lipinski definition) is 4. The molecule has 18 heavy (non-hydrogen) atoms. The molecule has 0 radical (unpaired) electrons. The molecule has 0 saturated carbocycles. The van der Waals surface area contributed by atoms with Crippen molar-refractivity contribution in [3.8, 4) is 0 Å². The number of esters is 1. The second kappa shape index (κ2) is 7.28. The summed E-state index contributed by atoms with van der Waals surface area (Å²) >= 11 is 7.14. The van der Waals surface area contributed by atoms with E-state index in [9.17, 15) is 9.59 Å². The summed E-state index contributed by atoms with van der Waals surface area (Å²) in [6, 6.07) is 4.77. The quantitative estimate of drug-likeness (QED) is 0.644. The van der Waals surface area contributed by atoms with E-state index in [4.69, 9.17) is 21.4 Å². The van der Waals surface area contributed by atoms with Crippen LogP contribution in [0, 0.1) is 0 Å². The van der Waals surface area contributed by atoms with Crippen molar-refractivity contribution in [1.82, 2.24) is 0 Å². The van der Waals surface area contributed by atoms with Crippen LogP contribution in [0.25, 0.3) is 0 Å². The minimum Gasteiger partial charge on any atom is -0.478 e. The number of carboxylic acids is 1. The van der Waals surface area contributed by atoms with Crippen molar-refractivity contribution in [2.45, 2.75) is 18.2 Å². The van der Waals surface area contributed by atoms with Gasteiger partial charge in [0.05, 0.1) is 23.6 Å². The largest absolute Gasteiger partial charge is 0.478 e. The lowest BCUT2D eigenvalue weighted by Gasteiger charge is -2.04. The van der Waals surface area contributed by atoms with Gasteiger partial charge >= 0.3 is 11.9 Å². The maximum Gasteiger partial charge on any atom is 0.337 e. The van der Waals surface area contributed by atoms with Crippen molar-refractivity contribution in [3.63, 3.8) is 0 Å². The van der Waals surface area contributed by atoms with Crippen LogP contribution in [0.2, 0.25) is 5.02 Å². The molecule has 0 aliphatic carbocycles. The Morgan fingerprint density at radius 1 is 1.44 bits per heavy atom. The molecule has 1 aromatic rings. The molecule has 0 bridgehead atoms. The number of carboxylic acid groups (broad SMARTS) is 1. The van der Waals surface area contributed by atoms with E-state index in [2.05, 4.69) is 0 Å². The number of halogens is 1. The van der Waals surface area contributed by atoms with Gasteiger partial charge in [0.15, 0.2) is 0 Å². The van der Waals surface area contributed by atoms with Crippen LogP contribution in [0.15, 0.2) is 23.1 Å². The highest BCUT2D eigenvalue weighted by Crippen LogP contribution is 2.25. The average Bonchev–Trinajstić information content (AvgIpc) is 2.31. The first-order valence-corrected chi connectivity index (χ1v) is 6.72. The molecule has 0 fully saturated rings. The molecule has 0 atom stereocenters. The SMILES string of the molecule is CCOC(=O)CCSc1ccc(Cl)c(C(=O)O)c1. The van der Waals surface area contributed by atoms with Crippen molar-refractivity contribution < 1.29 is 19.4 Å². The van der Waals surface area contributed by atoms with Gasteiger partial charge in [0.25, 0.3) is 0 Å². The van der Waals surface area contributed by atoms with Crippen LogP contribution < -0.4 is 0 Å². The highest BCUT2D eigenvalue weighted by Gasteiger charge is 2.10. The van der Waals surface area contributed by atoms with Crippen molar-refractivity contribution >= 4 is 35.3 Å². The molecule has 0 aliphatic rings. The molecular formula is C12H13ClO4S. The summed E-state index contributed by atoms with van der Waals surface area (Å²) in [6.07, 6.45) is 0.295. The lowest BCUT2D eigenvalue weighted by molar-refractivity contribution is -0.142.